The number of aryl methyl sites for hydroxylation is 2. The van der Waals surface area contributed by atoms with Gasteiger partial charge in [-0.1, -0.05) is 42.0 Å². The third-order valence-electron chi connectivity index (χ3n) is 3.00. The van der Waals surface area contributed by atoms with Crippen molar-refractivity contribution in [2.24, 2.45) is 0 Å². The van der Waals surface area contributed by atoms with Crippen LogP contribution in [0, 0.1) is 13.8 Å². The maximum atomic E-state index is 12.0. The predicted molar refractivity (Wildman–Crippen MR) is 75.9 cm³/mol. The molecule has 3 nitrogen and oxygen atoms in total. The number of anilines is 1. The Labute approximate surface area is 113 Å². The van der Waals surface area contributed by atoms with E-state index in [1.165, 1.54) is 0 Å². The second-order valence-corrected chi connectivity index (χ2v) is 4.60. The smallest absolute Gasteiger partial charge is 0.340 e. The lowest BCUT2D eigenvalue weighted by Crippen LogP contribution is -2.09. The van der Waals surface area contributed by atoms with E-state index in [0.717, 1.165) is 16.7 Å². The monoisotopic (exact) mass is 255 g/mol. The summed E-state index contributed by atoms with van der Waals surface area (Å²) in [6.07, 6.45) is 0. The summed E-state index contributed by atoms with van der Waals surface area (Å²) in [7, 11) is 0. The van der Waals surface area contributed by atoms with Crippen LogP contribution in [0.1, 0.15) is 27.0 Å². The van der Waals surface area contributed by atoms with Crippen LogP contribution in [0.5, 0.6) is 0 Å². The second kappa shape index (κ2) is 5.57. The van der Waals surface area contributed by atoms with E-state index in [-0.39, 0.29) is 12.6 Å². The van der Waals surface area contributed by atoms with Gasteiger partial charge in [0.2, 0.25) is 0 Å². The van der Waals surface area contributed by atoms with Gasteiger partial charge in [-0.05, 0) is 31.0 Å². The van der Waals surface area contributed by atoms with Crippen LogP contribution >= 0.6 is 0 Å². The van der Waals surface area contributed by atoms with E-state index in [2.05, 4.69) is 0 Å². The van der Waals surface area contributed by atoms with Crippen molar-refractivity contribution >= 4 is 11.7 Å². The average molecular weight is 255 g/mol. The predicted octanol–water partition coefficient (Wildman–Crippen LogP) is 3.24. The van der Waals surface area contributed by atoms with Crippen LogP contribution in [-0.2, 0) is 11.3 Å². The molecule has 0 aromatic heterocycles. The standard InChI is InChI=1S/C16H17NO2/c1-11-5-3-7-13(9-11)10-19-16(18)14-8-4-6-12(2)15(14)17/h3-9H,10,17H2,1-2H3. The van der Waals surface area contributed by atoms with E-state index in [4.69, 9.17) is 10.5 Å². The summed E-state index contributed by atoms with van der Waals surface area (Å²) in [5.41, 5.74) is 9.78. The highest BCUT2D eigenvalue weighted by Crippen LogP contribution is 2.18. The van der Waals surface area contributed by atoms with Crippen molar-refractivity contribution in [3.8, 4) is 0 Å². The Bertz CT molecular complexity index is 605. The molecule has 3 heteroatoms. The maximum absolute atomic E-state index is 12.0. The lowest BCUT2D eigenvalue weighted by molar-refractivity contribution is 0.0474. The Kier molecular flexibility index (Phi) is 3.85. The molecule has 0 saturated heterocycles. The normalized spacial score (nSPS) is 10.2. The van der Waals surface area contributed by atoms with Crippen LogP contribution in [0.2, 0.25) is 0 Å². The fraction of sp³-hybridized carbons (Fsp3) is 0.188. The van der Waals surface area contributed by atoms with Crippen molar-refractivity contribution in [3.63, 3.8) is 0 Å². The summed E-state index contributed by atoms with van der Waals surface area (Å²) in [4.78, 5) is 12.0. The molecular formula is C16H17NO2. The molecule has 0 spiro atoms. The van der Waals surface area contributed by atoms with Gasteiger partial charge in [0.05, 0.1) is 5.56 Å². The second-order valence-electron chi connectivity index (χ2n) is 4.60. The summed E-state index contributed by atoms with van der Waals surface area (Å²) in [6.45, 7) is 4.13. The molecule has 0 aliphatic heterocycles. The molecule has 0 heterocycles. The number of esters is 1. The third kappa shape index (κ3) is 3.13. The molecule has 0 atom stereocenters. The van der Waals surface area contributed by atoms with Crippen molar-refractivity contribution in [2.75, 3.05) is 5.73 Å². The summed E-state index contributed by atoms with van der Waals surface area (Å²) >= 11 is 0. The first-order valence-electron chi connectivity index (χ1n) is 6.15. The number of nitrogens with two attached hydrogens (primary N) is 1. The first-order valence-corrected chi connectivity index (χ1v) is 6.15. The van der Waals surface area contributed by atoms with Crippen molar-refractivity contribution in [1.29, 1.82) is 0 Å². The number of hydrogen-bond acceptors (Lipinski definition) is 3. The van der Waals surface area contributed by atoms with Crippen LogP contribution in [0.15, 0.2) is 42.5 Å². The molecule has 2 N–H and O–H groups in total. The topological polar surface area (TPSA) is 52.3 Å². The van der Waals surface area contributed by atoms with Crippen LogP contribution in [-0.4, -0.2) is 5.97 Å². The van der Waals surface area contributed by atoms with Crippen LogP contribution < -0.4 is 5.73 Å². The van der Waals surface area contributed by atoms with Crippen LogP contribution in [0.3, 0.4) is 0 Å². The molecule has 0 saturated carbocycles. The van der Waals surface area contributed by atoms with E-state index in [0.29, 0.717) is 11.3 Å². The van der Waals surface area contributed by atoms with E-state index in [1.54, 1.807) is 12.1 Å². The van der Waals surface area contributed by atoms with E-state index in [1.807, 2.05) is 44.2 Å². The number of ether oxygens (including phenoxy) is 1. The SMILES string of the molecule is Cc1cccc(COC(=O)c2cccc(C)c2N)c1. The quantitative estimate of drug-likeness (QED) is 0.676. The van der Waals surface area contributed by atoms with E-state index in [9.17, 15) is 4.79 Å². The molecule has 0 bridgehead atoms. The molecule has 2 aromatic rings. The zero-order valence-corrected chi connectivity index (χ0v) is 11.1. The number of benzene rings is 2. The number of hydrogen-bond donors (Lipinski definition) is 1. The highest BCUT2D eigenvalue weighted by molar-refractivity contribution is 5.95. The van der Waals surface area contributed by atoms with Crippen molar-refractivity contribution in [3.05, 3.63) is 64.7 Å². The Morgan fingerprint density at radius 2 is 1.89 bits per heavy atom. The van der Waals surface area contributed by atoms with Gasteiger partial charge in [0.1, 0.15) is 6.61 Å². The van der Waals surface area contributed by atoms with Gasteiger partial charge in [0, 0.05) is 5.69 Å². The van der Waals surface area contributed by atoms with Gasteiger partial charge < -0.3 is 10.5 Å². The van der Waals surface area contributed by atoms with Crippen LogP contribution in [0.4, 0.5) is 5.69 Å². The molecule has 2 rings (SSSR count). The maximum Gasteiger partial charge on any atom is 0.340 e. The molecule has 0 aliphatic rings. The average Bonchev–Trinajstić information content (AvgIpc) is 2.39. The number of carbonyl (C=O) groups excluding carboxylic acids is 1. The van der Waals surface area contributed by atoms with Gasteiger partial charge in [-0.3, -0.25) is 0 Å². The molecule has 0 radical (unpaired) electrons. The summed E-state index contributed by atoms with van der Waals surface area (Å²) in [6, 6.07) is 13.2. The molecule has 98 valence electrons. The van der Waals surface area contributed by atoms with Gasteiger partial charge in [0.25, 0.3) is 0 Å². The Balaban J connectivity index is 2.08. The highest BCUT2D eigenvalue weighted by Gasteiger charge is 2.12. The van der Waals surface area contributed by atoms with Crippen molar-refractivity contribution in [2.45, 2.75) is 20.5 Å². The zero-order valence-electron chi connectivity index (χ0n) is 11.1. The van der Waals surface area contributed by atoms with Gasteiger partial charge in [-0.15, -0.1) is 0 Å². The third-order valence-corrected chi connectivity index (χ3v) is 3.00. The molecule has 0 unspecified atom stereocenters. The molecule has 0 fully saturated rings. The van der Waals surface area contributed by atoms with Gasteiger partial charge in [-0.2, -0.15) is 0 Å². The largest absolute Gasteiger partial charge is 0.457 e. The fourth-order valence-electron chi connectivity index (χ4n) is 1.89. The molecular weight excluding hydrogens is 238 g/mol. The zero-order chi connectivity index (χ0) is 13.8. The first-order chi connectivity index (χ1) is 9.08. The van der Waals surface area contributed by atoms with Gasteiger partial charge in [0.15, 0.2) is 0 Å². The van der Waals surface area contributed by atoms with E-state index >= 15 is 0 Å². The highest BCUT2D eigenvalue weighted by atomic mass is 16.5. The van der Waals surface area contributed by atoms with Crippen molar-refractivity contribution in [1.82, 2.24) is 0 Å². The van der Waals surface area contributed by atoms with Gasteiger partial charge >= 0.3 is 5.97 Å². The first kappa shape index (κ1) is 13.1. The van der Waals surface area contributed by atoms with Crippen LogP contribution in [0.25, 0.3) is 0 Å². The fourth-order valence-corrected chi connectivity index (χ4v) is 1.89. The minimum Gasteiger partial charge on any atom is -0.457 e. The number of rotatable bonds is 3. The lowest BCUT2D eigenvalue weighted by atomic mass is 10.1. The minimum absolute atomic E-state index is 0.258. The minimum atomic E-state index is -0.386. The Hall–Kier alpha value is -2.29. The molecule has 0 aliphatic carbocycles. The van der Waals surface area contributed by atoms with Gasteiger partial charge in [-0.25, -0.2) is 4.79 Å². The summed E-state index contributed by atoms with van der Waals surface area (Å²) in [5.74, 6) is -0.386. The number of carbonyl (C=O) groups is 1. The molecule has 2 aromatic carbocycles. The Morgan fingerprint density at radius 1 is 1.16 bits per heavy atom. The summed E-state index contributed by atoms with van der Waals surface area (Å²) < 4.78 is 5.29. The molecule has 0 amide bonds. The summed E-state index contributed by atoms with van der Waals surface area (Å²) in [5, 5.41) is 0. The van der Waals surface area contributed by atoms with E-state index < -0.39 is 0 Å². The molecule has 19 heavy (non-hydrogen) atoms. The Morgan fingerprint density at radius 3 is 2.63 bits per heavy atom. The lowest BCUT2D eigenvalue weighted by Gasteiger charge is -2.09. The van der Waals surface area contributed by atoms with Crippen molar-refractivity contribution < 1.29 is 9.53 Å². The number of para-hydroxylation sites is 1. The number of nitrogen functional groups attached to an aromatic ring is 1.